The SMILES string of the molecule is O=C(CS(=O)(=O)c1ccc(Cl)cc1)Nc1cccc(-c2nc3ccccc3[nH]2)c1. The van der Waals surface area contributed by atoms with Crippen LogP contribution >= 0.6 is 11.6 Å². The molecule has 0 bridgehead atoms. The smallest absolute Gasteiger partial charge is 0.239 e. The number of fused-ring (bicyclic) bond motifs is 1. The highest BCUT2D eigenvalue weighted by Gasteiger charge is 2.19. The average Bonchev–Trinajstić information content (AvgIpc) is 3.12. The number of carbonyl (C=O) groups excluding carboxylic acids is 1. The Morgan fingerprint density at radius 1 is 1.00 bits per heavy atom. The van der Waals surface area contributed by atoms with Gasteiger partial charge in [0, 0.05) is 16.3 Å². The maximum absolute atomic E-state index is 12.4. The maximum atomic E-state index is 12.4. The van der Waals surface area contributed by atoms with Gasteiger partial charge in [0.1, 0.15) is 11.6 Å². The standard InChI is InChI=1S/C21H16ClN3O3S/c22-15-8-10-17(11-9-15)29(27,28)13-20(26)23-16-5-3-4-14(12-16)21-24-18-6-1-2-7-19(18)25-21/h1-12H,13H2,(H,23,26)(H,24,25). The van der Waals surface area contributed by atoms with Crippen molar-refractivity contribution in [1.29, 1.82) is 0 Å². The topological polar surface area (TPSA) is 91.9 Å². The number of hydrogen-bond donors (Lipinski definition) is 2. The molecule has 2 N–H and O–H groups in total. The number of para-hydroxylation sites is 2. The van der Waals surface area contributed by atoms with Crippen LogP contribution in [0.5, 0.6) is 0 Å². The Morgan fingerprint density at radius 3 is 2.52 bits per heavy atom. The number of benzene rings is 3. The van der Waals surface area contributed by atoms with Crippen molar-refractivity contribution in [3.63, 3.8) is 0 Å². The first-order chi connectivity index (χ1) is 13.9. The molecule has 0 saturated carbocycles. The van der Waals surface area contributed by atoms with Crippen molar-refractivity contribution in [2.45, 2.75) is 4.90 Å². The first-order valence-corrected chi connectivity index (χ1v) is 10.8. The molecule has 0 spiro atoms. The fraction of sp³-hybridized carbons (Fsp3) is 0.0476. The number of sulfone groups is 1. The summed E-state index contributed by atoms with van der Waals surface area (Å²) in [5.41, 5.74) is 3.01. The van der Waals surface area contributed by atoms with Gasteiger partial charge >= 0.3 is 0 Å². The minimum atomic E-state index is -3.77. The number of nitrogens with one attached hydrogen (secondary N) is 2. The lowest BCUT2D eigenvalue weighted by Gasteiger charge is -2.08. The lowest BCUT2D eigenvalue weighted by Crippen LogP contribution is -2.23. The third-order valence-corrected chi connectivity index (χ3v) is 6.19. The van der Waals surface area contributed by atoms with Crippen LogP contribution in [0, 0.1) is 0 Å². The van der Waals surface area contributed by atoms with E-state index in [0.29, 0.717) is 16.5 Å². The molecule has 0 unspecified atom stereocenters. The Kier molecular flexibility index (Phi) is 5.08. The molecule has 0 saturated heterocycles. The summed E-state index contributed by atoms with van der Waals surface area (Å²) in [5, 5.41) is 3.06. The van der Waals surface area contributed by atoms with Crippen LogP contribution < -0.4 is 5.32 Å². The largest absolute Gasteiger partial charge is 0.338 e. The van der Waals surface area contributed by atoms with Crippen LogP contribution in [0.25, 0.3) is 22.4 Å². The van der Waals surface area contributed by atoms with Crippen LogP contribution in [0.15, 0.2) is 77.7 Å². The minimum absolute atomic E-state index is 0.0491. The number of carbonyl (C=O) groups is 1. The van der Waals surface area contributed by atoms with Crippen LogP contribution in [-0.2, 0) is 14.6 Å². The van der Waals surface area contributed by atoms with Crippen molar-refractivity contribution >= 4 is 44.1 Å². The zero-order valence-electron chi connectivity index (χ0n) is 15.1. The second-order valence-electron chi connectivity index (χ2n) is 6.44. The monoisotopic (exact) mass is 425 g/mol. The molecular weight excluding hydrogens is 410 g/mol. The number of hydrogen-bond acceptors (Lipinski definition) is 4. The van der Waals surface area contributed by atoms with Gasteiger partial charge in [0.15, 0.2) is 9.84 Å². The lowest BCUT2D eigenvalue weighted by atomic mass is 10.2. The normalized spacial score (nSPS) is 11.5. The first kappa shape index (κ1) is 19.2. The summed E-state index contributed by atoms with van der Waals surface area (Å²) in [5.74, 6) is -0.624. The molecule has 0 atom stereocenters. The number of amides is 1. The molecule has 1 heterocycles. The molecule has 0 radical (unpaired) electrons. The lowest BCUT2D eigenvalue weighted by molar-refractivity contribution is -0.113. The number of halogens is 1. The Morgan fingerprint density at radius 2 is 1.76 bits per heavy atom. The molecule has 1 amide bonds. The predicted octanol–water partition coefficient (Wildman–Crippen LogP) is 4.30. The number of rotatable bonds is 5. The van der Waals surface area contributed by atoms with Gasteiger partial charge in [0.25, 0.3) is 0 Å². The van der Waals surface area contributed by atoms with Gasteiger partial charge in [0.05, 0.1) is 15.9 Å². The summed E-state index contributed by atoms with van der Waals surface area (Å²) in [6.07, 6.45) is 0. The number of aromatic amines is 1. The summed E-state index contributed by atoms with van der Waals surface area (Å²) in [6, 6.07) is 20.4. The molecule has 0 aliphatic rings. The molecule has 8 heteroatoms. The molecule has 4 aromatic rings. The first-order valence-electron chi connectivity index (χ1n) is 8.74. The third kappa shape index (κ3) is 4.31. The van der Waals surface area contributed by atoms with Crippen LogP contribution in [-0.4, -0.2) is 30.0 Å². The fourth-order valence-corrected chi connectivity index (χ4v) is 4.19. The summed E-state index contributed by atoms with van der Waals surface area (Å²) in [7, 11) is -3.77. The highest BCUT2D eigenvalue weighted by molar-refractivity contribution is 7.92. The second kappa shape index (κ2) is 7.69. The second-order valence-corrected chi connectivity index (χ2v) is 8.87. The number of nitrogens with zero attached hydrogens (tertiary/aromatic N) is 1. The molecule has 0 aliphatic heterocycles. The van der Waals surface area contributed by atoms with Crippen LogP contribution in [0.3, 0.4) is 0 Å². The molecule has 0 aliphatic carbocycles. The van der Waals surface area contributed by atoms with E-state index >= 15 is 0 Å². The van der Waals surface area contributed by atoms with E-state index in [-0.39, 0.29) is 4.90 Å². The summed E-state index contributed by atoms with van der Waals surface area (Å²) in [4.78, 5) is 20.1. The quantitative estimate of drug-likeness (QED) is 0.498. The van der Waals surface area contributed by atoms with Gasteiger partial charge in [0.2, 0.25) is 5.91 Å². The van der Waals surface area contributed by atoms with Gasteiger partial charge in [-0.15, -0.1) is 0 Å². The van der Waals surface area contributed by atoms with Crippen molar-refractivity contribution in [1.82, 2.24) is 9.97 Å². The molecular formula is C21H16ClN3O3S. The van der Waals surface area contributed by atoms with E-state index in [1.165, 1.54) is 24.3 Å². The Balaban J connectivity index is 1.51. The van der Waals surface area contributed by atoms with Gasteiger partial charge in [-0.25, -0.2) is 13.4 Å². The summed E-state index contributed by atoms with van der Waals surface area (Å²) >= 11 is 5.78. The highest BCUT2D eigenvalue weighted by atomic mass is 35.5. The van der Waals surface area contributed by atoms with Crippen molar-refractivity contribution in [3.05, 3.63) is 77.8 Å². The third-order valence-electron chi connectivity index (χ3n) is 4.30. The van der Waals surface area contributed by atoms with Gasteiger partial charge < -0.3 is 10.3 Å². The van der Waals surface area contributed by atoms with E-state index in [4.69, 9.17) is 11.6 Å². The Hall–Kier alpha value is -3.16. The Labute approximate surface area is 172 Å². The van der Waals surface area contributed by atoms with Crippen molar-refractivity contribution in [3.8, 4) is 11.4 Å². The van der Waals surface area contributed by atoms with E-state index in [0.717, 1.165) is 16.6 Å². The van der Waals surface area contributed by atoms with E-state index in [1.807, 2.05) is 30.3 Å². The van der Waals surface area contributed by atoms with Crippen molar-refractivity contribution in [2.24, 2.45) is 0 Å². The molecule has 3 aromatic carbocycles. The Bertz CT molecular complexity index is 1270. The molecule has 0 fully saturated rings. The maximum Gasteiger partial charge on any atom is 0.239 e. The van der Waals surface area contributed by atoms with E-state index < -0.39 is 21.5 Å². The van der Waals surface area contributed by atoms with Crippen LogP contribution in [0.2, 0.25) is 5.02 Å². The highest BCUT2D eigenvalue weighted by Crippen LogP contribution is 2.23. The molecule has 29 heavy (non-hydrogen) atoms. The number of aromatic nitrogens is 2. The van der Waals surface area contributed by atoms with Gasteiger partial charge in [-0.2, -0.15) is 0 Å². The molecule has 6 nitrogen and oxygen atoms in total. The average molecular weight is 426 g/mol. The van der Waals surface area contributed by atoms with Gasteiger partial charge in [-0.3, -0.25) is 4.79 Å². The number of imidazole rings is 1. The summed E-state index contributed by atoms with van der Waals surface area (Å²) < 4.78 is 24.8. The molecule has 4 rings (SSSR count). The summed E-state index contributed by atoms with van der Waals surface area (Å²) in [6.45, 7) is 0. The minimum Gasteiger partial charge on any atom is -0.338 e. The van der Waals surface area contributed by atoms with E-state index in [9.17, 15) is 13.2 Å². The molecule has 146 valence electrons. The number of H-pyrrole nitrogens is 1. The number of anilines is 1. The fourth-order valence-electron chi connectivity index (χ4n) is 2.93. The molecule has 1 aromatic heterocycles. The van der Waals surface area contributed by atoms with Crippen molar-refractivity contribution < 1.29 is 13.2 Å². The van der Waals surface area contributed by atoms with Gasteiger partial charge in [-0.05, 0) is 48.5 Å². The van der Waals surface area contributed by atoms with Crippen LogP contribution in [0.1, 0.15) is 0 Å². The van der Waals surface area contributed by atoms with E-state index in [2.05, 4.69) is 15.3 Å². The predicted molar refractivity (Wildman–Crippen MR) is 114 cm³/mol. The zero-order valence-corrected chi connectivity index (χ0v) is 16.7. The van der Waals surface area contributed by atoms with Crippen LogP contribution in [0.4, 0.5) is 5.69 Å². The van der Waals surface area contributed by atoms with Crippen molar-refractivity contribution in [2.75, 3.05) is 11.1 Å². The van der Waals surface area contributed by atoms with Gasteiger partial charge in [-0.1, -0.05) is 35.9 Å². The zero-order chi connectivity index (χ0) is 20.4. The van der Waals surface area contributed by atoms with E-state index in [1.54, 1.807) is 18.2 Å².